The number of hydrogen-bond acceptors (Lipinski definition) is 3. The molecule has 1 aromatic carbocycles. The SMILES string of the molecule is Fc1ccc2c(c1)C1(CCN(Cc3cccs3)CC1)OC2. The normalized spacial score (nSPS) is 20.8. The Morgan fingerprint density at radius 1 is 1.24 bits per heavy atom. The smallest absolute Gasteiger partial charge is 0.123 e. The Kier molecular flexibility index (Phi) is 3.32. The molecular formula is C17H18FNOS. The van der Waals surface area contributed by atoms with Crippen molar-refractivity contribution in [3.05, 3.63) is 57.5 Å². The molecule has 3 heterocycles. The zero-order chi connectivity index (χ0) is 14.3. The molecule has 0 unspecified atom stereocenters. The molecule has 0 bridgehead atoms. The van der Waals surface area contributed by atoms with Crippen LogP contribution in [0, 0.1) is 5.82 Å². The first kappa shape index (κ1) is 13.4. The Morgan fingerprint density at radius 2 is 2.10 bits per heavy atom. The fourth-order valence-corrected chi connectivity index (χ4v) is 4.25. The number of piperidine rings is 1. The summed E-state index contributed by atoms with van der Waals surface area (Å²) in [7, 11) is 0. The predicted molar refractivity (Wildman–Crippen MR) is 81.7 cm³/mol. The molecule has 110 valence electrons. The maximum absolute atomic E-state index is 13.6. The van der Waals surface area contributed by atoms with E-state index in [4.69, 9.17) is 4.74 Å². The zero-order valence-corrected chi connectivity index (χ0v) is 12.7. The summed E-state index contributed by atoms with van der Waals surface area (Å²) >= 11 is 1.81. The van der Waals surface area contributed by atoms with E-state index in [1.54, 1.807) is 6.07 Å². The van der Waals surface area contributed by atoms with Crippen LogP contribution in [0.1, 0.15) is 28.8 Å². The fraction of sp³-hybridized carbons (Fsp3) is 0.412. The number of rotatable bonds is 2. The second kappa shape index (κ2) is 5.20. The summed E-state index contributed by atoms with van der Waals surface area (Å²) in [5.41, 5.74) is 1.99. The van der Waals surface area contributed by atoms with E-state index >= 15 is 0 Å². The van der Waals surface area contributed by atoms with Gasteiger partial charge in [-0.3, -0.25) is 4.90 Å². The standard InChI is InChI=1S/C17H18FNOS/c18-14-4-3-13-12-20-17(16(13)10-14)5-7-19(8-6-17)11-15-2-1-9-21-15/h1-4,9-10H,5-8,11-12H2. The Bertz CT molecular complexity index is 632. The number of halogens is 1. The third-order valence-corrected chi connectivity index (χ3v) is 5.55. The molecule has 0 amide bonds. The van der Waals surface area contributed by atoms with Crippen molar-refractivity contribution in [1.82, 2.24) is 4.90 Å². The maximum Gasteiger partial charge on any atom is 0.123 e. The number of nitrogens with zero attached hydrogens (tertiary/aromatic N) is 1. The van der Waals surface area contributed by atoms with Crippen LogP contribution in [0.15, 0.2) is 35.7 Å². The quantitative estimate of drug-likeness (QED) is 0.834. The van der Waals surface area contributed by atoms with Crippen LogP contribution in [0.3, 0.4) is 0 Å². The van der Waals surface area contributed by atoms with E-state index in [-0.39, 0.29) is 11.4 Å². The number of thiophene rings is 1. The van der Waals surface area contributed by atoms with Crippen molar-refractivity contribution < 1.29 is 9.13 Å². The molecule has 4 rings (SSSR count). The van der Waals surface area contributed by atoms with Crippen molar-refractivity contribution >= 4 is 11.3 Å². The van der Waals surface area contributed by atoms with E-state index in [2.05, 4.69) is 22.4 Å². The summed E-state index contributed by atoms with van der Waals surface area (Å²) in [6.45, 7) is 3.66. The van der Waals surface area contributed by atoms with Gasteiger partial charge in [-0.2, -0.15) is 0 Å². The van der Waals surface area contributed by atoms with Gasteiger partial charge in [0.05, 0.1) is 12.2 Å². The highest BCUT2D eigenvalue weighted by Gasteiger charge is 2.42. The van der Waals surface area contributed by atoms with E-state index in [0.29, 0.717) is 6.61 Å². The molecule has 2 aromatic rings. The van der Waals surface area contributed by atoms with Gasteiger partial charge in [0.2, 0.25) is 0 Å². The molecule has 21 heavy (non-hydrogen) atoms. The highest BCUT2D eigenvalue weighted by Crippen LogP contribution is 2.44. The molecule has 1 saturated heterocycles. The highest BCUT2D eigenvalue weighted by molar-refractivity contribution is 7.09. The zero-order valence-electron chi connectivity index (χ0n) is 11.8. The largest absolute Gasteiger partial charge is 0.365 e. The number of hydrogen-bond donors (Lipinski definition) is 0. The lowest BCUT2D eigenvalue weighted by Gasteiger charge is -2.39. The lowest BCUT2D eigenvalue weighted by Crippen LogP contribution is -2.42. The van der Waals surface area contributed by atoms with Gasteiger partial charge in [-0.1, -0.05) is 12.1 Å². The second-order valence-corrected chi connectivity index (χ2v) is 6.97. The predicted octanol–water partition coefficient (Wildman–Crippen LogP) is 3.91. The highest BCUT2D eigenvalue weighted by atomic mass is 32.1. The average Bonchev–Trinajstić information content (AvgIpc) is 3.11. The van der Waals surface area contributed by atoms with Gasteiger partial charge in [0.25, 0.3) is 0 Å². The van der Waals surface area contributed by atoms with Crippen LogP contribution < -0.4 is 0 Å². The van der Waals surface area contributed by atoms with Crippen LogP contribution in [0.5, 0.6) is 0 Å². The van der Waals surface area contributed by atoms with Gasteiger partial charge < -0.3 is 4.74 Å². The minimum absolute atomic E-state index is 0.153. The molecule has 1 aromatic heterocycles. The number of benzene rings is 1. The second-order valence-electron chi connectivity index (χ2n) is 5.94. The molecule has 0 saturated carbocycles. The monoisotopic (exact) mass is 303 g/mol. The van der Waals surface area contributed by atoms with Crippen LogP contribution in [0.2, 0.25) is 0 Å². The lowest BCUT2D eigenvalue weighted by atomic mass is 9.83. The van der Waals surface area contributed by atoms with Gasteiger partial charge in [0.15, 0.2) is 0 Å². The molecule has 2 aliphatic rings. The van der Waals surface area contributed by atoms with Crippen LogP contribution >= 0.6 is 11.3 Å². The van der Waals surface area contributed by atoms with Crippen molar-refractivity contribution in [1.29, 1.82) is 0 Å². The first-order chi connectivity index (χ1) is 10.3. The van der Waals surface area contributed by atoms with Gasteiger partial charge in [-0.15, -0.1) is 11.3 Å². The van der Waals surface area contributed by atoms with Gasteiger partial charge in [-0.25, -0.2) is 4.39 Å². The molecule has 0 radical (unpaired) electrons. The van der Waals surface area contributed by atoms with Crippen LogP contribution in [-0.2, 0) is 23.5 Å². The van der Waals surface area contributed by atoms with E-state index in [1.165, 1.54) is 10.9 Å². The third kappa shape index (κ3) is 2.41. The van der Waals surface area contributed by atoms with Crippen molar-refractivity contribution in [3.8, 4) is 0 Å². The molecule has 4 heteroatoms. The average molecular weight is 303 g/mol. The fourth-order valence-electron chi connectivity index (χ4n) is 3.50. The maximum atomic E-state index is 13.6. The van der Waals surface area contributed by atoms with E-state index in [0.717, 1.165) is 43.6 Å². The third-order valence-electron chi connectivity index (χ3n) is 4.69. The summed E-state index contributed by atoms with van der Waals surface area (Å²) in [6, 6.07) is 9.37. The van der Waals surface area contributed by atoms with Crippen LogP contribution in [-0.4, -0.2) is 18.0 Å². The van der Waals surface area contributed by atoms with Gasteiger partial charge >= 0.3 is 0 Å². The van der Waals surface area contributed by atoms with E-state index < -0.39 is 0 Å². The number of fused-ring (bicyclic) bond motifs is 2. The lowest BCUT2D eigenvalue weighted by molar-refractivity contribution is -0.0798. The van der Waals surface area contributed by atoms with Crippen molar-refractivity contribution in [3.63, 3.8) is 0 Å². The molecule has 2 aliphatic heterocycles. The molecule has 1 spiro atoms. The molecule has 0 N–H and O–H groups in total. The van der Waals surface area contributed by atoms with Crippen molar-refractivity contribution in [2.24, 2.45) is 0 Å². The van der Waals surface area contributed by atoms with Gasteiger partial charge in [0, 0.05) is 24.5 Å². The van der Waals surface area contributed by atoms with Gasteiger partial charge in [0.1, 0.15) is 5.82 Å². The Morgan fingerprint density at radius 3 is 2.86 bits per heavy atom. The van der Waals surface area contributed by atoms with Crippen LogP contribution in [0.4, 0.5) is 4.39 Å². The molecule has 0 aliphatic carbocycles. The minimum atomic E-state index is -0.247. The van der Waals surface area contributed by atoms with E-state index in [1.807, 2.05) is 17.4 Å². The Balaban J connectivity index is 1.49. The molecule has 1 fully saturated rings. The first-order valence-electron chi connectivity index (χ1n) is 7.43. The van der Waals surface area contributed by atoms with E-state index in [9.17, 15) is 4.39 Å². The van der Waals surface area contributed by atoms with Crippen molar-refractivity contribution in [2.75, 3.05) is 13.1 Å². The summed E-state index contributed by atoms with van der Waals surface area (Å²) < 4.78 is 19.7. The summed E-state index contributed by atoms with van der Waals surface area (Å²) in [6.07, 6.45) is 1.91. The molecule has 2 nitrogen and oxygen atoms in total. The van der Waals surface area contributed by atoms with Gasteiger partial charge in [-0.05, 0) is 47.5 Å². The summed E-state index contributed by atoms with van der Waals surface area (Å²) in [5, 5.41) is 2.12. The summed E-state index contributed by atoms with van der Waals surface area (Å²) in [4.78, 5) is 3.88. The number of ether oxygens (including phenoxy) is 1. The first-order valence-corrected chi connectivity index (χ1v) is 8.31. The summed E-state index contributed by atoms with van der Waals surface area (Å²) in [5.74, 6) is -0.153. The van der Waals surface area contributed by atoms with Crippen molar-refractivity contribution in [2.45, 2.75) is 31.6 Å². The topological polar surface area (TPSA) is 12.5 Å². The van der Waals surface area contributed by atoms with Crippen LogP contribution in [0.25, 0.3) is 0 Å². The molecule has 0 atom stereocenters. The molecular weight excluding hydrogens is 285 g/mol. The Labute approximate surface area is 128 Å². The minimum Gasteiger partial charge on any atom is -0.365 e. The number of likely N-dealkylation sites (tertiary alicyclic amines) is 1. The Hall–Kier alpha value is -1.23.